The van der Waals surface area contributed by atoms with Gasteiger partial charge in [0.2, 0.25) is 0 Å². The van der Waals surface area contributed by atoms with E-state index in [0.29, 0.717) is 5.92 Å². The van der Waals surface area contributed by atoms with E-state index in [1.807, 2.05) is 24.3 Å². The SMILES string of the molecule is CC(C)c1ccc(C(N)CNC(=O)c2ccc(CS(C)(=O)=O)o2)cc1. The number of nitrogens with one attached hydrogen (secondary N) is 1. The highest BCUT2D eigenvalue weighted by molar-refractivity contribution is 7.89. The van der Waals surface area contributed by atoms with E-state index in [1.165, 1.54) is 17.7 Å². The second-order valence-corrected chi connectivity index (χ2v) is 8.61. The van der Waals surface area contributed by atoms with Crippen molar-refractivity contribution in [3.63, 3.8) is 0 Å². The Morgan fingerprint density at radius 2 is 1.72 bits per heavy atom. The van der Waals surface area contributed by atoms with Crippen molar-refractivity contribution in [1.82, 2.24) is 5.32 Å². The van der Waals surface area contributed by atoms with Crippen molar-refractivity contribution in [2.24, 2.45) is 5.73 Å². The molecule has 1 atom stereocenters. The Labute approximate surface area is 148 Å². The fraction of sp³-hybridized carbons (Fsp3) is 0.389. The van der Waals surface area contributed by atoms with E-state index in [2.05, 4.69) is 19.2 Å². The van der Waals surface area contributed by atoms with Crippen molar-refractivity contribution in [1.29, 1.82) is 0 Å². The summed E-state index contributed by atoms with van der Waals surface area (Å²) in [6, 6.07) is 10.6. The maximum absolute atomic E-state index is 12.1. The molecule has 0 radical (unpaired) electrons. The Bertz CT molecular complexity index is 823. The van der Waals surface area contributed by atoms with Crippen LogP contribution in [0.2, 0.25) is 0 Å². The molecule has 1 aromatic carbocycles. The number of furan rings is 1. The Morgan fingerprint density at radius 1 is 1.12 bits per heavy atom. The molecule has 0 aliphatic heterocycles. The van der Waals surface area contributed by atoms with Crippen LogP contribution in [0, 0.1) is 0 Å². The molecule has 0 fully saturated rings. The van der Waals surface area contributed by atoms with Crippen LogP contribution in [-0.2, 0) is 15.6 Å². The van der Waals surface area contributed by atoms with Crippen LogP contribution in [0.1, 0.15) is 53.2 Å². The minimum absolute atomic E-state index is 0.0704. The van der Waals surface area contributed by atoms with Gasteiger partial charge in [-0.3, -0.25) is 4.79 Å². The summed E-state index contributed by atoms with van der Waals surface area (Å²) in [4.78, 5) is 12.1. The van der Waals surface area contributed by atoms with Crippen molar-refractivity contribution >= 4 is 15.7 Å². The maximum atomic E-state index is 12.1. The minimum Gasteiger partial charge on any atom is -0.455 e. The molecule has 3 N–H and O–H groups in total. The van der Waals surface area contributed by atoms with Gasteiger partial charge in [-0.1, -0.05) is 38.1 Å². The zero-order chi connectivity index (χ0) is 18.6. The number of benzene rings is 1. The van der Waals surface area contributed by atoms with Crippen molar-refractivity contribution in [2.45, 2.75) is 31.6 Å². The Hall–Kier alpha value is -2.12. The molecular formula is C18H24N2O4S. The van der Waals surface area contributed by atoms with Crippen molar-refractivity contribution in [3.8, 4) is 0 Å². The lowest BCUT2D eigenvalue weighted by atomic mass is 9.99. The monoisotopic (exact) mass is 364 g/mol. The summed E-state index contributed by atoms with van der Waals surface area (Å²) in [5, 5.41) is 2.70. The summed E-state index contributed by atoms with van der Waals surface area (Å²) in [5.74, 6) is 0.100. The first-order chi connectivity index (χ1) is 11.7. The number of carbonyl (C=O) groups is 1. The zero-order valence-corrected chi connectivity index (χ0v) is 15.5. The molecule has 1 aromatic heterocycles. The van der Waals surface area contributed by atoms with E-state index in [-0.39, 0.29) is 29.9 Å². The lowest BCUT2D eigenvalue weighted by molar-refractivity contribution is 0.0922. The molecule has 1 amide bonds. The van der Waals surface area contributed by atoms with Crippen molar-refractivity contribution in [2.75, 3.05) is 12.8 Å². The van der Waals surface area contributed by atoms with Crippen LogP contribution in [0.4, 0.5) is 0 Å². The van der Waals surface area contributed by atoms with Gasteiger partial charge in [-0.2, -0.15) is 0 Å². The first-order valence-electron chi connectivity index (χ1n) is 8.06. The lowest BCUT2D eigenvalue weighted by Gasteiger charge is -2.14. The van der Waals surface area contributed by atoms with Gasteiger partial charge in [-0.05, 0) is 29.2 Å². The van der Waals surface area contributed by atoms with Crippen LogP contribution in [0.25, 0.3) is 0 Å². The molecule has 0 aliphatic carbocycles. The Morgan fingerprint density at radius 3 is 2.28 bits per heavy atom. The molecule has 7 heteroatoms. The third-order valence-corrected chi connectivity index (χ3v) is 4.61. The smallest absolute Gasteiger partial charge is 0.287 e. The highest BCUT2D eigenvalue weighted by Gasteiger charge is 2.15. The quantitative estimate of drug-likeness (QED) is 0.785. The van der Waals surface area contributed by atoms with Crippen molar-refractivity contribution in [3.05, 3.63) is 59.0 Å². The number of hydrogen-bond acceptors (Lipinski definition) is 5. The lowest BCUT2D eigenvalue weighted by Crippen LogP contribution is -2.31. The molecule has 25 heavy (non-hydrogen) atoms. The van der Waals surface area contributed by atoms with E-state index < -0.39 is 15.7 Å². The highest BCUT2D eigenvalue weighted by Crippen LogP contribution is 2.17. The molecule has 0 bridgehead atoms. The van der Waals surface area contributed by atoms with Crippen LogP contribution in [0.5, 0.6) is 0 Å². The number of rotatable bonds is 7. The van der Waals surface area contributed by atoms with Crippen LogP contribution >= 0.6 is 0 Å². The van der Waals surface area contributed by atoms with E-state index in [0.717, 1.165) is 11.8 Å². The molecule has 2 aromatic rings. The van der Waals surface area contributed by atoms with Crippen LogP contribution in [0.15, 0.2) is 40.8 Å². The molecule has 0 spiro atoms. The number of hydrogen-bond donors (Lipinski definition) is 2. The first-order valence-corrected chi connectivity index (χ1v) is 10.1. The van der Waals surface area contributed by atoms with Crippen LogP contribution in [-0.4, -0.2) is 27.1 Å². The maximum Gasteiger partial charge on any atom is 0.287 e. The average Bonchev–Trinajstić information content (AvgIpc) is 2.98. The minimum atomic E-state index is -3.21. The third kappa shape index (κ3) is 5.72. The average molecular weight is 364 g/mol. The predicted octanol–water partition coefficient (Wildman–Crippen LogP) is 2.38. The number of carbonyl (C=O) groups excluding carboxylic acids is 1. The van der Waals surface area contributed by atoms with Gasteiger partial charge >= 0.3 is 0 Å². The molecule has 136 valence electrons. The summed E-state index contributed by atoms with van der Waals surface area (Å²) in [7, 11) is -3.21. The topological polar surface area (TPSA) is 102 Å². The zero-order valence-electron chi connectivity index (χ0n) is 14.7. The van der Waals surface area contributed by atoms with Gasteiger partial charge in [0.15, 0.2) is 15.6 Å². The van der Waals surface area contributed by atoms with Crippen LogP contribution < -0.4 is 11.1 Å². The second kappa shape index (κ2) is 7.84. The number of sulfone groups is 1. The summed E-state index contributed by atoms with van der Waals surface area (Å²) < 4.78 is 27.8. The normalized spacial score (nSPS) is 13.0. The summed E-state index contributed by atoms with van der Waals surface area (Å²) in [5.41, 5.74) is 8.27. The number of nitrogens with two attached hydrogens (primary N) is 1. The molecule has 0 saturated carbocycles. The van der Waals surface area contributed by atoms with Gasteiger partial charge in [0.05, 0.1) is 0 Å². The molecule has 1 unspecified atom stereocenters. The molecule has 6 nitrogen and oxygen atoms in total. The second-order valence-electron chi connectivity index (χ2n) is 6.47. The van der Waals surface area contributed by atoms with E-state index in [1.54, 1.807) is 0 Å². The van der Waals surface area contributed by atoms with E-state index in [4.69, 9.17) is 10.2 Å². The van der Waals surface area contributed by atoms with Gasteiger partial charge in [0, 0.05) is 18.8 Å². The van der Waals surface area contributed by atoms with Gasteiger partial charge in [-0.15, -0.1) is 0 Å². The van der Waals surface area contributed by atoms with E-state index in [9.17, 15) is 13.2 Å². The molecule has 2 rings (SSSR count). The fourth-order valence-corrected chi connectivity index (χ4v) is 3.04. The molecule has 1 heterocycles. The summed E-state index contributed by atoms with van der Waals surface area (Å²) in [6.45, 7) is 4.50. The van der Waals surface area contributed by atoms with Crippen LogP contribution in [0.3, 0.4) is 0 Å². The molecular weight excluding hydrogens is 340 g/mol. The third-order valence-electron chi connectivity index (χ3n) is 3.80. The molecule has 0 saturated heterocycles. The Balaban J connectivity index is 1.93. The Kier molecular flexibility index (Phi) is 6.02. The van der Waals surface area contributed by atoms with E-state index >= 15 is 0 Å². The van der Waals surface area contributed by atoms with Gasteiger partial charge in [-0.25, -0.2) is 8.42 Å². The predicted molar refractivity (Wildman–Crippen MR) is 97.0 cm³/mol. The fourth-order valence-electron chi connectivity index (χ4n) is 2.37. The van der Waals surface area contributed by atoms with Gasteiger partial charge < -0.3 is 15.5 Å². The highest BCUT2D eigenvalue weighted by atomic mass is 32.2. The standard InChI is InChI=1S/C18H24N2O4S/c1-12(2)13-4-6-14(7-5-13)16(19)10-20-18(21)17-9-8-15(24-17)11-25(3,22)23/h4-9,12,16H,10-11,19H2,1-3H3,(H,20,21). The van der Waals surface area contributed by atoms with Crippen molar-refractivity contribution < 1.29 is 17.6 Å². The largest absolute Gasteiger partial charge is 0.455 e. The summed E-state index contributed by atoms with van der Waals surface area (Å²) >= 11 is 0. The summed E-state index contributed by atoms with van der Waals surface area (Å²) in [6.07, 6.45) is 1.11. The molecule has 0 aliphatic rings. The number of amides is 1. The van der Waals surface area contributed by atoms with Gasteiger partial charge in [0.25, 0.3) is 5.91 Å². The van der Waals surface area contributed by atoms with Gasteiger partial charge in [0.1, 0.15) is 11.5 Å². The first kappa shape index (κ1) is 19.2.